The van der Waals surface area contributed by atoms with Crippen LogP contribution in [0.3, 0.4) is 0 Å². The molecule has 0 fully saturated rings. The van der Waals surface area contributed by atoms with Gasteiger partial charge in [0.1, 0.15) is 11.5 Å². The maximum absolute atomic E-state index is 10.9. The number of ether oxygens (including phenoxy) is 1. The first-order valence-corrected chi connectivity index (χ1v) is 7.24. The van der Waals surface area contributed by atoms with Gasteiger partial charge in [0.05, 0.1) is 17.7 Å². The van der Waals surface area contributed by atoms with Crippen LogP contribution in [-0.2, 0) is 0 Å². The zero-order valence-electron chi connectivity index (χ0n) is 13.1. The van der Waals surface area contributed by atoms with Crippen molar-refractivity contribution >= 4 is 12.1 Å². The van der Waals surface area contributed by atoms with Crippen molar-refractivity contribution in [3.63, 3.8) is 0 Å². The number of carbonyl (C=O) groups excluding carboxylic acids is 1. The van der Waals surface area contributed by atoms with Crippen LogP contribution >= 0.6 is 0 Å². The van der Waals surface area contributed by atoms with Crippen LogP contribution in [0.25, 0.3) is 6.08 Å². The van der Waals surface area contributed by atoms with Crippen LogP contribution in [0, 0.1) is 11.3 Å². The van der Waals surface area contributed by atoms with Gasteiger partial charge in [0, 0.05) is 0 Å². The van der Waals surface area contributed by atoms with Gasteiger partial charge in [0.25, 0.3) is 0 Å². The Balaban J connectivity index is 2.23. The normalized spacial score (nSPS) is 11.7. The van der Waals surface area contributed by atoms with E-state index in [-0.39, 0.29) is 0 Å². The van der Waals surface area contributed by atoms with Gasteiger partial charge in [0.15, 0.2) is 0 Å². The molecule has 0 saturated heterocycles. The highest BCUT2D eigenvalue weighted by molar-refractivity contribution is 5.71. The second-order valence-electron chi connectivity index (χ2n) is 5.06. The number of amides is 2. The van der Waals surface area contributed by atoms with Crippen LogP contribution in [0.5, 0.6) is 11.5 Å². The Kier molecular flexibility index (Phi) is 5.55. The fraction of sp³-hybridized carbons (Fsp3) is 0.111. The molecule has 2 rings (SSSR count). The topological polar surface area (TPSA) is 99.6 Å². The largest absolute Gasteiger partial charge is 0.457 e. The highest BCUT2D eigenvalue weighted by Crippen LogP contribution is 2.24. The third-order valence-electron chi connectivity index (χ3n) is 3.29. The monoisotopic (exact) mass is 323 g/mol. The van der Waals surface area contributed by atoms with Gasteiger partial charge < -0.3 is 10.5 Å². The van der Waals surface area contributed by atoms with Gasteiger partial charge in [-0.15, -0.1) is 0 Å². The van der Waals surface area contributed by atoms with Crippen molar-refractivity contribution < 1.29 is 14.7 Å². The minimum absolute atomic E-state index is 0.410. The summed E-state index contributed by atoms with van der Waals surface area (Å²) < 4.78 is 5.73. The number of primary amides is 1. The third kappa shape index (κ3) is 4.35. The highest BCUT2D eigenvalue weighted by Gasteiger charge is 2.12. The average molecular weight is 323 g/mol. The number of nitrogens with two attached hydrogens (primary N) is 1. The second kappa shape index (κ2) is 7.81. The molecule has 0 bridgehead atoms. The van der Waals surface area contributed by atoms with Crippen molar-refractivity contribution in [2.75, 3.05) is 0 Å². The third-order valence-corrected chi connectivity index (χ3v) is 3.29. The molecular weight excluding hydrogens is 306 g/mol. The van der Waals surface area contributed by atoms with Crippen LogP contribution in [-0.4, -0.2) is 22.3 Å². The summed E-state index contributed by atoms with van der Waals surface area (Å²) in [5, 5.41) is 19.1. The first-order valence-electron chi connectivity index (χ1n) is 7.24. The Hall–Kier alpha value is -3.30. The summed E-state index contributed by atoms with van der Waals surface area (Å²) in [7, 11) is 0. The molecule has 0 aliphatic carbocycles. The predicted molar refractivity (Wildman–Crippen MR) is 89.4 cm³/mol. The lowest BCUT2D eigenvalue weighted by atomic mass is 10.1. The zero-order valence-corrected chi connectivity index (χ0v) is 13.1. The van der Waals surface area contributed by atoms with Crippen molar-refractivity contribution in [2.45, 2.75) is 13.0 Å². The van der Waals surface area contributed by atoms with Gasteiger partial charge in [-0.25, -0.2) is 4.79 Å². The Bertz CT molecular complexity index is 782. The van der Waals surface area contributed by atoms with E-state index < -0.39 is 12.1 Å². The van der Waals surface area contributed by atoms with Crippen LogP contribution < -0.4 is 10.5 Å². The second-order valence-corrected chi connectivity index (χ2v) is 5.06. The molecule has 0 radical (unpaired) electrons. The summed E-state index contributed by atoms with van der Waals surface area (Å²) in [6.07, 6.45) is 3.19. The molecule has 0 aromatic heterocycles. The number of benzene rings is 2. The van der Waals surface area contributed by atoms with Crippen LogP contribution in [0.1, 0.15) is 18.1 Å². The van der Waals surface area contributed by atoms with Crippen LogP contribution in [0.4, 0.5) is 4.79 Å². The molecule has 0 saturated carbocycles. The summed E-state index contributed by atoms with van der Waals surface area (Å²) in [4.78, 5) is 10.9. The molecule has 2 aromatic carbocycles. The summed E-state index contributed by atoms with van der Waals surface area (Å²) in [6, 6.07) is 14.8. The van der Waals surface area contributed by atoms with E-state index in [4.69, 9.17) is 10.5 Å². The molecule has 0 aliphatic heterocycles. The molecule has 24 heavy (non-hydrogen) atoms. The summed E-state index contributed by atoms with van der Waals surface area (Å²) in [5.74, 6) is 1.25. The molecule has 2 aromatic rings. The van der Waals surface area contributed by atoms with Crippen molar-refractivity contribution in [2.24, 2.45) is 5.73 Å². The minimum Gasteiger partial charge on any atom is -0.457 e. The van der Waals surface area contributed by atoms with Gasteiger partial charge in [-0.2, -0.15) is 10.3 Å². The minimum atomic E-state index is -0.950. The highest BCUT2D eigenvalue weighted by atomic mass is 16.5. The molecule has 0 aliphatic rings. The van der Waals surface area contributed by atoms with E-state index in [0.29, 0.717) is 27.7 Å². The SMILES string of the molecule is CC(C=Cc1cc(Oc2ccccc2)ccc1C#N)N(O)C(N)=O. The molecule has 0 heterocycles. The van der Waals surface area contributed by atoms with E-state index in [2.05, 4.69) is 6.07 Å². The number of urea groups is 1. The lowest BCUT2D eigenvalue weighted by Gasteiger charge is -2.16. The number of para-hydroxylation sites is 1. The van der Waals surface area contributed by atoms with Crippen molar-refractivity contribution in [1.29, 1.82) is 5.26 Å². The Morgan fingerprint density at radius 2 is 2.00 bits per heavy atom. The quantitative estimate of drug-likeness (QED) is 0.649. The van der Waals surface area contributed by atoms with Crippen molar-refractivity contribution in [1.82, 2.24) is 5.06 Å². The smallest absolute Gasteiger partial charge is 0.339 e. The van der Waals surface area contributed by atoms with Gasteiger partial charge >= 0.3 is 6.03 Å². The molecule has 3 N–H and O–H groups in total. The van der Waals surface area contributed by atoms with E-state index in [1.165, 1.54) is 0 Å². The molecule has 0 spiro atoms. The molecule has 2 amide bonds. The van der Waals surface area contributed by atoms with Crippen molar-refractivity contribution in [3.05, 3.63) is 65.7 Å². The lowest BCUT2D eigenvalue weighted by molar-refractivity contribution is -0.0560. The number of hydrogen-bond donors (Lipinski definition) is 2. The maximum Gasteiger partial charge on any atom is 0.339 e. The first kappa shape index (κ1) is 17.1. The summed E-state index contributed by atoms with van der Waals surface area (Å²) >= 11 is 0. The predicted octanol–water partition coefficient (Wildman–Crippen LogP) is 3.52. The molecule has 122 valence electrons. The Morgan fingerprint density at radius 1 is 1.29 bits per heavy atom. The molecule has 6 heteroatoms. The number of rotatable bonds is 5. The standard InChI is InChI=1S/C18H17N3O3/c1-13(21(23)18(20)22)7-8-14-11-17(10-9-15(14)12-19)24-16-5-3-2-4-6-16/h2-11,13,23H,1H3,(H2,20,22). The van der Waals surface area contributed by atoms with Gasteiger partial charge in [-0.1, -0.05) is 30.4 Å². The molecule has 1 atom stereocenters. The van der Waals surface area contributed by atoms with Crippen LogP contribution in [0.2, 0.25) is 0 Å². The maximum atomic E-state index is 10.9. The summed E-state index contributed by atoms with van der Waals surface area (Å²) in [6.45, 7) is 1.59. The lowest BCUT2D eigenvalue weighted by Crippen LogP contribution is -2.38. The summed E-state index contributed by atoms with van der Waals surface area (Å²) in [5.41, 5.74) is 6.06. The number of nitrogens with zero attached hydrogens (tertiary/aromatic N) is 2. The van der Waals surface area contributed by atoms with Gasteiger partial charge in [-0.3, -0.25) is 5.21 Å². The Morgan fingerprint density at radius 3 is 2.62 bits per heavy atom. The van der Waals surface area contributed by atoms with Gasteiger partial charge in [0.2, 0.25) is 0 Å². The number of carbonyl (C=O) groups is 1. The van der Waals surface area contributed by atoms with E-state index in [0.717, 1.165) is 0 Å². The number of nitriles is 1. The zero-order chi connectivity index (χ0) is 17.5. The van der Waals surface area contributed by atoms with E-state index in [1.807, 2.05) is 30.3 Å². The first-order chi connectivity index (χ1) is 11.5. The van der Waals surface area contributed by atoms with Crippen LogP contribution in [0.15, 0.2) is 54.6 Å². The van der Waals surface area contributed by atoms with E-state index >= 15 is 0 Å². The molecular formula is C18H17N3O3. The van der Waals surface area contributed by atoms with Gasteiger partial charge in [-0.05, 0) is 42.8 Å². The Labute approximate surface area is 140 Å². The van der Waals surface area contributed by atoms with Crippen molar-refractivity contribution in [3.8, 4) is 17.6 Å². The fourth-order valence-electron chi connectivity index (χ4n) is 1.99. The molecule has 6 nitrogen and oxygen atoms in total. The molecule has 1 unspecified atom stereocenters. The number of hydrogen-bond acceptors (Lipinski definition) is 4. The fourth-order valence-corrected chi connectivity index (χ4v) is 1.99. The number of hydroxylamine groups is 2. The average Bonchev–Trinajstić information content (AvgIpc) is 2.60. The van der Waals surface area contributed by atoms with E-state index in [9.17, 15) is 15.3 Å². The van der Waals surface area contributed by atoms with E-state index in [1.54, 1.807) is 37.3 Å².